The fourth-order valence-corrected chi connectivity index (χ4v) is 3.38. The Morgan fingerprint density at radius 1 is 1.09 bits per heavy atom. The first-order chi connectivity index (χ1) is 16.2. The lowest BCUT2D eigenvalue weighted by Crippen LogP contribution is -2.18. The maximum atomic E-state index is 13.8. The molecule has 0 saturated carbocycles. The third kappa shape index (κ3) is 5.84. The lowest BCUT2D eigenvalue weighted by Gasteiger charge is -2.21. The third-order valence-corrected chi connectivity index (χ3v) is 5.01. The second-order valence-corrected chi connectivity index (χ2v) is 8.04. The van der Waals surface area contributed by atoms with Crippen LogP contribution in [0.4, 0.5) is 14.5 Å². The summed E-state index contributed by atoms with van der Waals surface area (Å²) in [6.45, 7) is 8.08. The normalized spacial score (nSPS) is 11.6. The van der Waals surface area contributed by atoms with Crippen molar-refractivity contribution < 1.29 is 27.8 Å². The number of nitrogens with zero attached hydrogens (tertiary/aromatic N) is 2. The van der Waals surface area contributed by atoms with Crippen molar-refractivity contribution in [3.8, 4) is 23.1 Å². The van der Waals surface area contributed by atoms with Crippen molar-refractivity contribution >= 4 is 22.3 Å². The van der Waals surface area contributed by atoms with E-state index in [0.29, 0.717) is 47.0 Å². The molecule has 1 unspecified atom stereocenters. The largest absolute Gasteiger partial charge is 0.493 e. The smallest absolute Gasteiger partial charge is 0.213 e. The number of rotatable bonds is 10. The van der Waals surface area contributed by atoms with E-state index in [2.05, 4.69) is 15.5 Å². The third-order valence-electron chi connectivity index (χ3n) is 5.01. The van der Waals surface area contributed by atoms with Crippen molar-refractivity contribution in [2.24, 2.45) is 5.16 Å². The Bertz CT molecular complexity index is 1200. The quantitative estimate of drug-likeness (QED) is 0.214. The van der Waals surface area contributed by atoms with Crippen LogP contribution in [0, 0.1) is 18.6 Å². The number of aromatic nitrogens is 1. The summed E-state index contributed by atoms with van der Waals surface area (Å²) >= 11 is 0. The van der Waals surface area contributed by atoms with Crippen molar-refractivity contribution in [1.82, 2.24) is 4.98 Å². The Morgan fingerprint density at radius 3 is 2.50 bits per heavy atom. The molecule has 182 valence electrons. The van der Waals surface area contributed by atoms with Gasteiger partial charge in [0.1, 0.15) is 17.9 Å². The van der Waals surface area contributed by atoms with Crippen LogP contribution in [0.25, 0.3) is 10.9 Å². The average Bonchev–Trinajstić information content (AvgIpc) is 2.80. The van der Waals surface area contributed by atoms with Crippen LogP contribution < -0.4 is 19.5 Å². The number of hydrogen-bond acceptors (Lipinski definition) is 7. The second kappa shape index (κ2) is 11.0. The molecular weight excluding hydrogens is 444 g/mol. The molecule has 0 amide bonds. The molecule has 0 spiro atoms. The minimum atomic E-state index is -1.01. The van der Waals surface area contributed by atoms with Crippen LogP contribution in [0.15, 0.2) is 35.5 Å². The zero-order valence-electron chi connectivity index (χ0n) is 20.2. The summed E-state index contributed by atoms with van der Waals surface area (Å²) in [5.41, 5.74) is 2.95. The van der Waals surface area contributed by atoms with Crippen LogP contribution in [0.3, 0.4) is 0 Å². The van der Waals surface area contributed by atoms with Crippen molar-refractivity contribution in [2.45, 2.75) is 40.2 Å². The van der Waals surface area contributed by atoms with E-state index >= 15 is 0 Å². The van der Waals surface area contributed by atoms with Gasteiger partial charge in [-0.3, -0.25) is 0 Å². The van der Waals surface area contributed by atoms with Gasteiger partial charge in [-0.1, -0.05) is 5.16 Å². The standard InChI is InChI=1S/C25H29F2N3O4/c1-14(2)30-33-10-9-16(4)28-20-13-21(31-5)25(34-17-7-8-18(26)19(27)12-17)23-15(3)11-22(32-6)29-24(20)23/h7-8,11-13,16,28H,9-10H2,1-6H3. The highest BCUT2D eigenvalue weighted by molar-refractivity contribution is 6.00. The Hall–Kier alpha value is -3.62. The summed E-state index contributed by atoms with van der Waals surface area (Å²) in [7, 11) is 3.05. The maximum absolute atomic E-state index is 13.8. The van der Waals surface area contributed by atoms with E-state index in [1.165, 1.54) is 13.2 Å². The van der Waals surface area contributed by atoms with E-state index < -0.39 is 11.6 Å². The van der Waals surface area contributed by atoms with Crippen LogP contribution in [0.5, 0.6) is 23.1 Å². The van der Waals surface area contributed by atoms with Crippen molar-refractivity contribution in [3.63, 3.8) is 0 Å². The molecule has 1 N–H and O–H groups in total. The van der Waals surface area contributed by atoms with Crippen LogP contribution in [0.2, 0.25) is 0 Å². The Morgan fingerprint density at radius 2 is 1.85 bits per heavy atom. The number of hydrogen-bond donors (Lipinski definition) is 1. The average molecular weight is 474 g/mol. The van der Waals surface area contributed by atoms with E-state index in [9.17, 15) is 8.78 Å². The van der Waals surface area contributed by atoms with Crippen LogP contribution >= 0.6 is 0 Å². The summed E-state index contributed by atoms with van der Waals surface area (Å²) in [6, 6.07) is 6.90. The lowest BCUT2D eigenvalue weighted by molar-refractivity contribution is 0.139. The SMILES string of the molecule is COc1cc(C)c2c(Oc3ccc(F)c(F)c3)c(OC)cc(NC(C)CCON=C(C)C)c2n1. The maximum Gasteiger partial charge on any atom is 0.213 e. The first-order valence-electron chi connectivity index (χ1n) is 10.8. The van der Waals surface area contributed by atoms with Crippen molar-refractivity contribution in [2.75, 3.05) is 26.1 Å². The first-order valence-corrected chi connectivity index (χ1v) is 10.8. The molecule has 0 aliphatic rings. The predicted molar refractivity (Wildman–Crippen MR) is 128 cm³/mol. The molecule has 3 aromatic rings. The Balaban J connectivity index is 2.04. The summed E-state index contributed by atoms with van der Waals surface area (Å²) in [4.78, 5) is 9.93. The van der Waals surface area contributed by atoms with Crippen LogP contribution in [-0.4, -0.2) is 37.6 Å². The minimum absolute atomic E-state index is 0.0199. The molecule has 3 rings (SSSR count). The van der Waals surface area contributed by atoms with Crippen LogP contribution in [0.1, 0.15) is 32.8 Å². The van der Waals surface area contributed by atoms with Gasteiger partial charge in [0.25, 0.3) is 0 Å². The van der Waals surface area contributed by atoms with Gasteiger partial charge in [0.2, 0.25) is 5.88 Å². The van der Waals surface area contributed by atoms with E-state index in [0.717, 1.165) is 23.4 Å². The molecule has 1 heterocycles. The van der Waals surface area contributed by atoms with E-state index in [1.807, 2.05) is 27.7 Å². The highest BCUT2D eigenvalue weighted by Crippen LogP contribution is 2.44. The van der Waals surface area contributed by atoms with Gasteiger partial charge in [0.05, 0.1) is 31.0 Å². The number of nitrogens with one attached hydrogen (secondary N) is 1. The molecule has 1 atom stereocenters. The predicted octanol–water partition coefficient (Wildman–Crippen LogP) is 6.23. The topological polar surface area (TPSA) is 74.2 Å². The fraction of sp³-hybridized carbons (Fsp3) is 0.360. The van der Waals surface area contributed by atoms with Gasteiger partial charge in [-0.2, -0.15) is 0 Å². The number of pyridine rings is 1. The molecule has 2 aromatic carbocycles. The van der Waals surface area contributed by atoms with E-state index in [1.54, 1.807) is 19.2 Å². The van der Waals surface area contributed by atoms with E-state index in [-0.39, 0.29) is 11.8 Å². The van der Waals surface area contributed by atoms with Gasteiger partial charge in [-0.15, -0.1) is 0 Å². The molecule has 0 bridgehead atoms. The minimum Gasteiger partial charge on any atom is -0.493 e. The highest BCUT2D eigenvalue weighted by Gasteiger charge is 2.21. The lowest BCUT2D eigenvalue weighted by atomic mass is 10.1. The second-order valence-electron chi connectivity index (χ2n) is 8.04. The van der Waals surface area contributed by atoms with Gasteiger partial charge in [0, 0.05) is 30.7 Å². The Kier molecular flexibility index (Phi) is 8.09. The number of anilines is 1. The summed E-state index contributed by atoms with van der Waals surface area (Å²) in [5.74, 6) is -0.652. The zero-order chi connectivity index (χ0) is 24.8. The molecular formula is C25H29F2N3O4. The number of aryl methyl sites for hydroxylation is 1. The Labute approximate surface area is 197 Å². The fourth-order valence-electron chi connectivity index (χ4n) is 3.38. The molecule has 0 fully saturated rings. The number of fused-ring (bicyclic) bond motifs is 1. The first kappa shape index (κ1) is 25.0. The molecule has 0 aliphatic heterocycles. The van der Waals surface area contributed by atoms with Gasteiger partial charge >= 0.3 is 0 Å². The highest BCUT2D eigenvalue weighted by atomic mass is 19.2. The summed E-state index contributed by atoms with van der Waals surface area (Å²) < 4.78 is 44.2. The molecule has 7 nitrogen and oxygen atoms in total. The zero-order valence-corrected chi connectivity index (χ0v) is 20.2. The van der Waals surface area contributed by atoms with Gasteiger partial charge in [-0.25, -0.2) is 13.8 Å². The van der Waals surface area contributed by atoms with Gasteiger partial charge in [0.15, 0.2) is 23.1 Å². The molecule has 1 aromatic heterocycles. The van der Waals surface area contributed by atoms with Crippen molar-refractivity contribution in [1.29, 1.82) is 0 Å². The molecule has 0 saturated heterocycles. The summed E-state index contributed by atoms with van der Waals surface area (Å²) in [6.07, 6.45) is 0.691. The molecule has 9 heteroatoms. The number of oxime groups is 1. The summed E-state index contributed by atoms with van der Waals surface area (Å²) in [5, 5.41) is 8.05. The molecule has 0 aliphatic carbocycles. The van der Waals surface area contributed by atoms with Crippen LogP contribution in [-0.2, 0) is 4.84 Å². The van der Waals surface area contributed by atoms with Gasteiger partial charge < -0.3 is 24.4 Å². The number of halogens is 2. The number of ether oxygens (including phenoxy) is 3. The molecule has 34 heavy (non-hydrogen) atoms. The number of methoxy groups -OCH3 is 2. The molecule has 0 radical (unpaired) electrons. The number of benzene rings is 2. The van der Waals surface area contributed by atoms with Crippen molar-refractivity contribution in [3.05, 3.63) is 47.5 Å². The van der Waals surface area contributed by atoms with E-state index in [4.69, 9.17) is 19.0 Å². The van der Waals surface area contributed by atoms with Gasteiger partial charge in [-0.05, 0) is 45.4 Å². The monoisotopic (exact) mass is 473 g/mol.